The molecule has 0 unspecified atom stereocenters. The summed E-state index contributed by atoms with van der Waals surface area (Å²) in [6.07, 6.45) is 2.70. The van der Waals surface area contributed by atoms with Gasteiger partial charge in [-0.05, 0) is 53.1 Å². The molecule has 3 heteroatoms. The highest BCUT2D eigenvalue weighted by Gasteiger charge is 2.03. The minimum absolute atomic E-state index is 0.813. The second kappa shape index (κ2) is 7.18. The number of anilines is 1. The molecule has 0 fully saturated rings. The second-order valence-electron chi connectivity index (χ2n) is 6.00. The molecule has 0 aliphatic heterocycles. The van der Waals surface area contributed by atoms with Crippen LogP contribution in [0.2, 0.25) is 0 Å². The molecule has 24 heavy (non-hydrogen) atoms. The summed E-state index contributed by atoms with van der Waals surface area (Å²) in [6.45, 7) is 0. The SMILES string of the molecule is COc1ccc(Cc2cc(-c3ccc(N(C)C)cc3)ccn2)cc1. The quantitative estimate of drug-likeness (QED) is 0.696. The van der Waals surface area contributed by atoms with Gasteiger partial charge in [0.15, 0.2) is 0 Å². The highest BCUT2D eigenvalue weighted by molar-refractivity contribution is 5.66. The van der Waals surface area contributed by atoms with Gasteiger partial charge in [-0.25, -0.2) is 0 Å². The Morgan fingerprint density at radius 1 is 0.875 bits per heavy atom. The number of ether oxygens (including phenoxy) is 1. The fourth-order valence-electron chi connectivity index (χ4n) is 2.66. The molecular weight excluding hydrogens is 296 g/mol. The first-order chi connectivity index (χ1) is 11.7. The summed E-state index contributed by atoms with van der Waals surface area (Å²) < 4.78 is 5.20. The standard InChI is InChI=1S/C21H22N2O/c1-23(2)20-8-6-17(7-9-20)18-12-13-22-19(15-18)14-16-4-10-21(24-3)11-5-16/h4-13,15H,14H2,1-3H3. The van der Waals surface area contributed by atoms with Gasteiger partial charge in [0, 0.05) is 38.1 Å². The van der Waals surface area contributed by atoms with Gasteiger partial charge in [0.25, 0.3) is 0 Å². The Hall–Kier alpha value is -2.81. The summed E-state index contributed by atoms with van der Waals surface area (Å²) in [5, 5.41) is 0. The number of benzene rings is 2. The predicted molar refractivity (Wildman–Crippen MR) is 99.8 cm³/mol. The van der Waals surface area contributed by atoms with E-state index in [1.807, 2.05) is 18.3 Å². The molecule has 3 rings (SSSR count). The molecule has 0 saturated heterocycles. The lowest BCUT2D eigenvalue weighted by Gasteiger charge is -2.13. The van der Waals surface area contributed by atoms with Crippen molar-refractivity contribution in [2.75, 3.05) is 26.1 Å². The molecule has 0 aliphatic carbocycles. The highest BCUT2D eigenvalue weighted by Crippen LogP contribution is 2.23. The maximum atomic E-state index is 5.20. The summed E-state index contributed by atoms with van der Waals surface area (Å²) in [7, 11) is 5.78. The van der Waals surface area contributed by atoms with Crippen molar-refractivity contribution < 1.29 is 4.74 Å². The van der Waals surface area contributed by atoms with E-state index in [0.717, 1.165) is 17.9 Å². The Labute approximate surface area is 143 Å². The number of rotatable bonds is 5. The predicted octanol–water partition coefficient (Wildman–Crippen LogP) is 4.41. The van der Waals surface area contributed by atoms with Crippen LogP contribution in [0.1, 0.15) is 11.3 Å². The average Bonchev–Trinajstić information content (AvgIpc) is 2.63. The molecule has 0 aliphatic rings. The summed E-state index contributed by atoms with van der Waals surface area (Å²) in [5.41, 5.74) is 5.89. The molecule has 0 N–H and O–H groups in total. The van der Waals surface area contributed by atoms with Crippen molar-refractivity contribution in [3.05, 3.63) is 78.1 Å². The number of aromatic nitrogens is 1. The minimum atomic E-state index is 0.813. The zero-order valence-electron chi connectivity index (χ0n) is 14.4. The average molecular weight is 318 g/mol. The van der Waals surface area contributed by atoms with Crippen LogP contribution in [0.15, 0.2) is 66.9 Å². The van der Waals surface area contributed by atoms with E-state index in [-0.39, 0.29) is 0 Å². The van der Waals surface area contributed by atoms with E-state index in [0.29, 0.717) is 0 Å². The van der Waals surface area contributed by atoms with Gasteiger partial charge in [-0.3, -0.25) is 4.98 Å². The van der Waals surface area contributed by atoms with E-state index in [4.69, 9.17) is 4.74 Å². The Morgan fingerprint density at radius 2 is 1.58 bits per heavy atom. The van der Waals surface area contributed by atoms with E-state index in [1.54, 1.807) is 7.11 Å². The highest BCUT2D eigenvalue weighted by atomic mass is 16.5. The van der Waals surface area contributed by atoms with Crippen molar-refractivity contribution in [3.63, 3.8) is 0 Å². The van der Waals surface area contributed by atoms with E-state index < -0.39 is 0 Å². The first-order valence-electron chi connectivity index (χ1n) is 8.01. The van der Waals surface area contributed by atoms with Crippen LogP contribution in [-0.4, -0.2) is 26.2 Å². The van der Waals surface area contributed by atoms with Crippen LogP contribution in [-0.2, 0) is 6.42 Å². The lowest BCUT2D eigenvalue weighted by atomic mass is 10.0. The Balaban J connectivity index is 1.80. The molecule has 0 radical (unpaired) electrons. The van der Waals surface area contributed by atoms with Crippen molar-refractivity contribution >= 4 is 5.69 Å². The van der Waals surface area contributed by atoms with Crippen LogP contribution in [0.25, 0.3) is 11.1 Å². The largest absolute Gasteiger partial charge is 0.497 e. The van der Waals surface area contributed by atoms with E-state index in [9.17, 15) is 0 Å². The van der Waals surface area contributed by atoms with Gasteiger partial charge in [-0.1, -0.05) is 24.3 Å². The summed E-state index contributed by atoms with van der Waals surface area (Å²) >= 11 is 0. The van der Waals surface area contributed by atoms with Gasteiger partial charge < -0.3 is 9.64 Å². The summed E-state index contributed by atoms with van der Waals surface area (Å²) in [6, 6.07) is 20.9. The van der Waals surface area contributed by atoms with Crippen molar-refractivity contribution in [2.45, 2.75) is 6.42 Å². The van der Waals surface area contributed by atoms with Gasteiger partial charge in [-0.15, -0.1) is 0 Å². The molecule has 0 saturated carbocycles. The zero-order chi connectivity index (χ0) is 16.9. The molecule has 0 atom stereocenters. The third-order valence-corrected chi connectivity index (χ3v) is 4.08. The number of nitrogens with zero attached hydrogens (tertiary/aromatic N) is 2. The van der Waals surface area contributed by atoms with Crippen LogP contribution in [0.3, 0.4) is 0 Å². The molecule has 3 nitrogen and oxygen atoms in total. The fraction of sp³-hybridized carbons (Fsp3) is 0.190. The second-order valence-corrected chi connectivity index (χ2v) is 6.00. The van der Waals surface area contributed by atoms with Crippen LogP contribution in [0.4, 0.5) is 5.69 Å². The first-order valence-corrected chi connectivity index (χ1v) is 8.01. The van der Waals surface area contributed by atoms with E-state index in [2.05, 4.69) is 72.5 Å². The van der Waals surface area contributed by atoms with Crippen LogP contribution < -0.4 is 9.64 Å². The third kappa shape index (κ3) is 3.74. The molecule has 1 aromatic heterocycles. The van der Waals surface area contributed by atoms with Gasteiger partial charge >= 0.3 is 0 Å². The van der Waals surface area contributed by atoms with Crippen LogP contribution in [0.5, 0.6) is 5.75 Å². The molecular formula is C21H22N2O. The molecule has 0 bridgehead atoms. The fourth-order valence-corrected chi connectivity index (χ4v) is 2.66. The molecule has 0 spiro atoms. The molecule has 0 amide bonds. The van der Waals surface area contributed by atoms with E-state index >= 15 is 0 Å². The van der Waals surface area contributed by atoms with Crippen LogP contribution >= 0.6 is 0 Å². The Bertz CT molecular complexity index is 793. The summed E-state index contributed by atoms with van der Waals surface area (Å²) in [4.78, 5) is 6.61. The Kier molecular flexibility index (Phi) is 4.80. The van der Waals surface area contributed by atoms with Gasteiger partial charge in [0.2, 0.25) is 0 Å². The van der Waals surface area contributed by atoms with Gasteiger partial charge in [-0.2, -0.15) is 0 Å². The third-order valence-electron chi connectivity index (χ3n) is 4.08. The smallest absolute Gasteiger partial charge is 0.118 e. The van der Waals surface area contributed by atoms with Crippen LogP contribution in [0, 0.1) is 0 Å². The zero-order valence-corrected chi connectivity index (χ0v) is 14.4. The van der Waals surface area contributed by atoms with E-state index in [1.165, 1.54) is 22.4 Å². The lowest BCUT2D eigenvalue weighted by Crippen LogP contribution is -2.07. The van der Waals surface area contributed by atoms with Crippen molar-refractivity contribution in [1.29, 1.82) is 0 Å². The van der Waals surface area contributed by atoms with Crippen molar-refractivity contribution in [1.82, 2.24) is 4.98 Å². The maximum absolute atomic E-state index is 5.20. The lowest BCUT2D eigenvalue weighted by molar-refractivity contribution is 0.414. The minimum Gasteiger partial charge on any atom is -0.497 e. The maximum Gasteiger partial charge on any atom is 0.118 e. The van der Waals surface area contributed by atoms with Crippen molar-refractivity contribution in [3.8, 4) is 16.9 Å². The van der Waals surface area contributed by atoms with Gasteiger partial charge in [0.05, 0.1) is 7.11 Å². The number of pyridine rings is 1. The molecule has 3 aromatic rings. The topological polar surface area (TPSA) is 25.4 Å². The van der Waals surface area contributed by atoms with Crippen molar-refractivity contribution in [2.24, 2.45) is 0 Å². The Morgan fingerprint density at radius 3 is 2.21 bits per heavy atom. The number of hydrogen-bond donors (Lipinski definition) is 0. The molecule has 2 aromatic carbocycles. The molecule has 1 heterocycles. The number of hydrogen-bond acceptors (Lipinski definition) is 3. The first kappa shape index (κ1) is 16.1. The summed E-state index contributed by atoms with van der Waals surface area (Å²) in [5.74, 6) is 0.876. The molecule has 122 valence electrons. The number of methoxy groups -OCH3 is 1. The monoisotopic (exact) mass is 318 g/mol. The normalized spacial score (nSPS) is 10.5. The van der Waals surface area contributed by atoms with Gasteiger partial charge in [0.1, 0.15) is 5.75 Å².